The van der Waals surface area contributed by atoms with Crippen LogP contribution in [0.5, 0.6) is 0 Å². The second kappa shape index (κ2) is 14.1. The van der Waals surface area contributed by atoms with E-state index in [1.54, 1.807) is 0 Å². The number of rotatable bonds is 15. The van der Waals surface area contributed by atoms with Crippen LogP contribution in [0.15, 0.2) is 12.2 Å². The van der Waals surface area contributed by atoms with Gasteiger partial charge in [0.1, 0.15) is 0 Å². The molecule has 1 aliphatic rings. The van der Waals surface area contributed by atoms with Crippen molar-refractivity contribution >= 4 is 5.97 Å². The van der Waals surface area contributed by atoms with Gasteiger partial charge in [0.25, 0.3) is 0 Å². The molecule has 5 unspecified atom stereocenters. The summed E-state index contributed by atoms with van der Waals surface area (Å²) >= 11 is 0. The molecule has 0 aromatic carbocycles. The van der Waals surface area contributed by atoms with Crippen molar-refractivity contribution in [3.63, 3.8) is 0 Å². The molecule has 0 bridgehead atoms. The maximum Gasteiger partial charge on any atom is 0.303 e. The Balaban J connectivity index is 2.32. The van der Waals surface area contributed by atoms with E-state index in [9.17, 15) is 20.1 Å². The molecule has 0 radical (unpaired) electrons. The molecule has 0 heterocycles. The van der Waals surface area contributed by atoms with Crippen LogP contribution in [-0.4, -0.2) is 44.7 Å². The van der Waals surface area contributed by atoms with Crippen LogP contribution in [0, 0.1) is 11.8 Å². The first-order valence-corrected chi connectivity index (χ1v) is 10.9. The number of hydrogen-bond donors (Lipinski definition) is 4. The van der Waals surface area contributed by atoms with Crippen LogP contribution in [0.25, 0.3) is 0 Å². The summed E-state index contributed by atoms with van der Waals surface area (Å²) in [4.78, 5) is 10.5. The first-order chi connectivity index (χ1) is 13.0. The van der Waals surface area contributed by atoms with E-state index in [1.165, 1.54) is 19.3 Å². The number of aliphatic carboxylic acids is 1. The van der Waals surface area contributed by atoms with Gasteiger partial charge >= 0.3 is 5.97 Å². The van der Waals surface area contributed by atoms with Crippen LogP contribution in [0.2, 0.25) is 0 Å². The summed E-state index contributed by atoms with van der Waals surface area (Å²) < 4.78 is 0. The number of aliphatic hydroxyl groups is 3. The van der Waals surface area contributed by atoms with Crippen LogP contribution >= 0.6 is 0 Å². The minimum Gasteiger partial charge on any atom is -0.481 e. The highest BCUT2D eigenvalue weighted by Gasteiger charge is 2.39. The standard InChI is InChI=1S/C22H40O5/c1-2-3-4-5-8-11-18(23)15-14-17-16-20(24)22(27)19(17)12-9-6-7-10-13-21(25)26/h14-15,17-20,22-24,27H,2-13,16H2,1H3,(H,25,26)/b15-14+. The average Bonchev–Trinajstić information content (AvgIpc) is 2.90. The third kappa shape index (κ3) is 10.3. The normalized spacial score (nSPS) is 26.7. The SMILES string of the molecule is CCCCCCCC(O)/C=C/C1CC(O)C(O)C1CCCCCCC(=O)O. The third-order valence-electron chi connectivity index (χ3n) is 5.76. The molecule has 0 amide bonds. The largest absolute Gasteiger partial charge is 0.481 e. The van der Waals surface area contributed by atoms with Gasteiger partial charge in [-0.15, -0.1) is 0 Å². The van der Waals surface area contributed by atoms with E-state index >= 15 is 0 Å². The topological polar surface area (TPSA) is 98.0 Å². The van der Waals surface area contributed by atoms with Crippen molar-refractivity contribution in [1.29, 1.82) is 0 Å². The van der Waals surface area contributed by atoms with Crippen molar-refractivity contribution in [2.75, 3.05) is 0 Å². The molecule has 4 N–H and O–H groups in total. The molecular weight excluding hydrogens is 344 g/mol. The molecule has 158 valence electrons. The predicted molar refractivity (Wildman–Crippen MR) is 107 cm³/mol. The summed E-state index contributed by atoms with van der Waals surface area (Å²) in [6.07, 6.45) is 13.7. The Labute approximate surface area is 164 Å². The van der Waals surface area contributed by atoms with Gasteiger partial charge in [-0.1, -0.05) is 70.4 Å². The van der Waals surface area contributed by atoms with Crippen molar-refractivity contribution < 1.29 is 25.2 Å². The molecule has 5 heteroatoms. The highest BCUT2D eigenvalue weighted by molar-refractivity contribution is 5.66. The number of hydrogen-bond acceptors (Lipinski definition) is 4. The van der Waals surface area contributed by atoms with E-state index in [4.69, 9.17) is 5.11 Å². The molecule has 5 atom stereocenters. The Morgan fingerprint density at radius 1 is 1.04 bits per heavy atom. The van der Waals surface area contributed by atoms with Crippen molar-refractivity contribution in [2.45, 2.75) is 109 Å². The van der Waals surface area contributed by atoms with Crippen LogP contribution in [0.4, 0.5) is 0 Å². The quantitative estimate of drug-likeness (QED) is 0.252. The van der Waals surface area contributed by atoms with Gasteiger partial charge in [0, 0.05) is 6.42 Å². The molecule has 1 fully saturated rings. The number of carboxylic acids is 1. The molecule has 0 spiro atoms. The van der Waals surface area contributed by atoms with E-state index in [0.29, 0.717) is 12.8 Å². The number of aliphatic hydroxyl groups excluding tert-OH is 3. The molecule has 0 aromatic heterocycles. The summed E-state index contributed by atoms with van der Waals surface area (Å²) in [5, 5.41) is 39.1. The Hall–Kier alpha value is -0.910. The fraction of sp³-hybridized carbons (Fsp3) is 0.864. The van der Waals surface area contributed by atoms with Gasteiger partial charge in [0.2, 0.25) is 0 Å². The summed E-state index contributed by atoms with van der Waals surface area (Å²) in [5.41, 5.74) is 0. The number of carboxylic acid groups (broad SMARTS) is 1. The van der Waals surface area contributed by atoms with Gasteiger partial charge in [0.05, 0.1) is 18.3 Å². The zero-order valence-electron chi connectivity index (χ0n) is 16.9. The molecule has 27 heavy (non-hydrogen) atoms. The second-order valence-electron chi connectivity index (χ2n) is 8.12. The molecule has 5 nitrogen and oxygen atoms in total. The van der Waals surface area contributed by atoms with E-state index in [0.717, 1.165) is 44.9 Å². The summed E-state index contributed by atoms with van der Waals surface area (Å²) in [6, 6.07) is 0. The smallest absolute Gasteiger partial charge is 0.303 e. The molecule has 1 saturated carbocycles. The van der Waals surface area contributed by atoms with Crippen LogP contribution in [0.3, 0.4) is 0 Å². The maximum absolute atomic E-state index is 10.5. The van der Waals surface area contributed by atoms with Crippen molar-refractivity contribution in [2.24, 2.45) is 11.8 Å². The molecule has 1 aliphatic carbocycles. The van der Waals surface area contributed by atoms with Crippen LogP contribution in [0.1, 0.15) is 90.4 Å². The Kier molecular flexibility index (Phi) is 12.6. The lowest BCUT2D eigenvalue weighted by molar-refractivity contribution is -0.137. The van der Waals surface area contributed by atoms with Gasteiger partial charge in [-0.3, -0.25) is 4.79 Å². The fourth-order valence-corrected chi connectivity index (χ4v) is 4.07. The van der Waals surface area contributed by atoms with E-state index < -0.39 is 24.3 Å². The van der Waals surface area contributed by atoms with Crippen molar-refractivity contribution in [3.05, 3.63) is 12.2 Å². The van der Waals surface area contributed by atoms with Gasteiger partial charge in [0.15, 0.2) is 0 Å². The van der Waals surface area contributed by atoms with E-state index in [1.807, 2.05) is 12.2 Å². The average molecular weight is 385 g/mol. The minimum atomic E-state index is -0.751. The summed E-state index contributed by atoms with van der Waals surface area (Å²) in [6.45, 7) is 2.19. The molecule has 0 aliphatic heterocycles. The Morgan fingerprint density at radius 3 is 2.41 bits per heavy atom. The Bertz CT molecular complexity index is 423. The Morgan fingerprint density at radius 2 is 1.70 bits per heavy atom. The van der Waals surface area contributed by atoms with Gasteiger partial charge < -0.3 is 20.4 Å². The lowest BCUT2D eigenvalue weighted by Crippen LogP contribution is -2.25. The highest BCUT2D eigenvalue weighted by atomic mass is 16.4. The number of carbonyl (C=O) groups is 1. The number of unbranched alkanes of at least 4 members (excludes halogenated alkanes) is 7. The first-order valence-electron chi connectivity index (χ1n) is 10.9. The summed E-state index contributed by atoms with van der Waals surface area (Å²) in [7, 11) is 0. The molecule has 0 saturated heterocycles. The minimum absolute atomic E-state index is 0.0208. The fourth-order valence-electron chi connectivity index (χ4n) is 4.07. The number of allylic oxidation sites excluding steroid dienone is 1. The zero-order valence-corrected chi connectivity index (χ0v) is 16.9. The molecule has 1 rings (SSSR count). The second-order valence-corrected chi connectivity index (χ2v) is 8.12. The third-order valence-corrected chi connectivity index (χ3v) is 5.76. The van der Waals surface area contributed by atoms with Crippen molar-refractivity contribution in [1.82, 2.24) is 0 Å². The first kappa shape index (κ1) is 24.1. The molecular formula is C22H40O5. The van der Waals surface area contributed by atoms with Gasteiger partial charge in [-0.2, -0.15) is 0 Å². The van der Waals surface area contributed by atoms with E-state index in [2.05, 4.69) is 6.92 Å². The lowest BCUT2D eigenvalue weighted by atomic mass is 9.88. The summed E-state index contributed by atoms with van der Waals surface area (Å²) in [5.74, 6) is -0.630. The lowest BCUT2D eigenvalue weighted by Gasteiger charge is -2.20. The van der Waals surface area contributed by atoms with Crippen molar-refractivity contribution in [3.8, 4) is 0 Å². The van der Waals surface area contributed by atoms with Gasteiger partial charge in [-0.25, -0.2) is 0 Å². The maximum atomic E-state index is 10.5. The monoisotopic (exact) mass is 384 g/mol. The molecule has 0 aromatic rings. The highest BCUT2D eigenvalue weighted by Crippen LogP contribution is 2.37. The zero-order chi connectivity index (χ0) is 20.1. The van der Waals surface area contributed by atoms with E-state index in [-0.39, 0.29) is 18.3 Å². The van der Waals surface area contributed by atoms with Crippen LogP contribution < -0.4 is 0 Å². The van der Waals surface area contributed by atoms with Gasteiger partial charge in [-0.05, 0) is 37.5 Å². The predicted octanol–water partition coefficient (Wildman–Crippen LogP) is 4.05. The van der Waals surface area contributed by atoms with Crippen LogP contribution in [-0.2, 0) is 4.79 Å².